The number of hydrogen-bond acceptors (Lipinski definition) is 3. The van der Waals surface area contributed by atoms with E-state index >= 15 is 0 Å². The van der Waals surface area contributed by atoms with Crippen molar-refractivity contribution in [2.45, 2.75) is 41.5 Å². The predicted molar refractivity (Wildman–Crippen MR) is 110 cm³/mol. The Balaban J connectivity index is 1.78. The molecule has 3 aromatic rings. The molecule has 0 aliphatic heterocycles. The maximum atomic E-state index is 13.3. The topological polar surface area (TPSA) is 91.1 Å². The smallest absolute Gasteiger partial charge is 0.320 e. The fraction of sp³-hybridized carbons (Fsp3) is 0.250. The lowest BCUT2D eigenvalue weighted by molar-refractivity contribution is 0.248. The van der Waals surface area contributed by atoms with E-state index in [4.69, 9.17) is 11.6 Å². The molecule has 3 N–H and O–H groups in total. The first kappa shape index (κ1) is 18.8. The van der Waals surface area contributed by atoms with E-state index in [0.29, 0.717) is 15.9 Å². The molecule has 1 aromatic heterocycles. The number of aromatic nitrogens is 1. The number of halogens is 1. The Morgan fingerprint density at radius 3 is 2.50 bits per heavy atom. The van der Waals surface area contributed by atoms with Gasteiger partial charge in [0, 0.05) is 22.0 Å². The molecule has 8 heteroatoms. The number of fused-ring (bicyclic) bond motifs is 1. The average Bonchev–Trinajstić information content (AvgIpc) is 3.29. The van der Waals surface area contributed by atoms with Gasteiger partial charge in [-0.3, -0.25) is 5.32 Å². The van der Waals surface area contributed by atoms with Gasteiger partial charge < -0.3 is 10.3 Å². The van der Waals surface area contributed by atoms with E-state index in [-0.39, 0.29) is 21.7 Å². The van der Waals surface area contributed by atoms with Crippen LogP contribution in [0.3, 0.4) is 0 Å². The third-order valence-electron chi connectivity index (χ3n) is 4.96. The van der Waals surface area contributed by atoms with Crippen molar-refractivity contribution >= 4 is 44.2 Å². The number of sulfone groups is 1. The van der Waals surface area contributed by atoms with Crippen LogP contribution in [0.2, 0.25) is 5.02 Å². The molecular formula is C20H20ClN3O3S. The number of aromatic amines is 1. The van der Waals surface area contributed by atoms with E-state index in [1.54, 1.807) is 36.4 Å². The van der Waals surface area contributed by atoms with Crippen LogP contribution in [-0.2, 0) is 9.84 Å². The number of carbonyl (C=O) groups is 1. The number of urea groups is 1. The summed E-state index contributed by atoms with van der Waals surface area (Å²) >= 11 is 6.11. The monoisotopic (exact) mass is 417 g/mol. The van der Waals surface area contributed by atoms with Crippen LogP contribution in [0.5, 0.6) is 0 Å². The van der Waals surface area contributed by atoms with Crippen molar-refractivity contribution in [1.82, 2.24) is 10.3 Å². The Morgan fingerprint density at radius 2 is 1.79 bits per heavy atom. The van der Waals surface area contributed by atoms with Gasteiger partial charge in [-0.25, -0.2) is 13.2 Å². The van der Waals surface area contributed by atoms with Crippen LogP contribution in [0.15, 0.2) is 58.3 Å². The van der Waals surface area contributed by atoms with Gasteiger partial charge in [0.1, 0.15) is 10.7 Å². The molecular weight excluding hydrogens is 398 g/mol. The maximum absolute atomic E-state index is 13.3. The minimum atomic E-state index is -3.87. The number of rotatable bonds is 4. The van der Waals surface area contributed by atoms with Crippen LogP contribution in [0, 0.1) is 0 Å². The Labute approximate surface area is 168 Å². The summed E-state index contributed by atoms with van der Waals surface area (Å²) in [4.78, 5) is 15.6. The molecule has 1 fully saturated rings. The van der Waals surface area contributed by atoms with Gasteiger partial charge in [0.05, 0.1) is 4.90 Å². The molecule has 0 saturated heterocycles. The Morgan fingerprint density at radius 1 is 1.07 bits per heavy atom. The Kier molecular flexibility index (Phi) is 5.03. The van der Waals surface area contributed by atoms with Gasteiger partial charge in [0.15, 0.2) is 0 Å². The van der Waals surface area contributed by atoms with E-state index in [9.17, 15) is 13.2 Å². The van der Waals surface area contributed by atoms with Crippen LogP contribution in [0.1, 0.15) is 25.7 Å². The number of nitrogens with one attached hydrogen (secondary N) is 3. The van der Waals surface area contributed by atoms with Crippen molar-refractivity contribution in [2.24, 2.45) is 0 Å². The summed E-state index contributed by atoms with van der Waals surface area (Å²) in [6, 6.07) is 12.8. The molecule has 1 heterocycles. The summed E-state index contributed by atoms with van der Waals surface area (Å²) in [7, 11) is -3.87. The normalized spacial score (nSPS) is 15.0. The summed E-state index contributed by atoms with van der Waals surface area (Å²) in [5.74, 6) is 0.136. The van der Waals surface area contributed by atoms with Gasteiger partial charge in [0.2, 0.25) is 9.84 Å². The number of H-pyrrole nitrogens is 1. The minimum Gasteiger partial charge on any atom is -0.340 e. The first-order valence-corrected chi connectivity index (χ1v) is 11.0. The molecule has 0 atom stereocenters. The number of hydrogen-bond donors (Lipinski definition) is 3. The van der Waals surface area contributed by atoms with Gasteiger partial charge in [-0.2, -0.15) is 0 Å². The number of anilines is 1. The number of carbonyl (C=O) groups excluding carboxylic acids is 1. The Bertz CT molecular complexity index is 1120. The van der Waals surface area contributed by atoms with Gasteiger partial charge in [0.25, 0.3) is 0 Å². The Hall–Kier alpha value is -2.51. The molecule has 6 nitrogen and oxygen atoms in total. The van der Waals surface area contributed by atoms with Gasteiger partial charge in [-0.1, -0.05) is 42.6 Å². The lowest BCUT2D eigenvalue weighted by Crippen LogP contribution is -2.36. The fourth-order valence-corrected chi connectivity index (χ4v) is 5.38. The van der Waals surface area contributed by atoms with E-state index in [1.807, 2.05) is 0 Å². The summed E-state index contributed by atoms with van der Waals surface area (Å²) < 4.78 is 26.7. The average molecular weight is 418 g/mol. The van der Waals surface area contributed by atoms with E-state index in [0.717, 1.165) is 25.7 Å². The first-order valence-electron chi connectivity index (χ1n) is 9.14. The zero-order valence-corrected chi connectivity index (χ0v) is 16.6. The molecule has 1 aliphatic rings. The van der Waals surface area contributed by atoms with Gasteiger partial charge in [-0.15, -0.1) is 0 Å². The lowest BCUT2D eigenvalue weighted by Gasteiger charge is -2.13. The fourth-order valence-electron chi connectivity index (χ4n) is 3.63. The van der Waals surface area contributed by atoms with E-state index in [2.05, 4.69) is 15.6 Å². The molecule has 2 aromatic carbocycles. The first-order chi connectivity index (χ1) is 13.4. The molecule has 4 rings (SSSR count). The molecule has 1 aliphatic carbocycles. The van der Waals surface area contributed by atoms with Crippen LogP contribution in [-0.4, -0.2) is 25.5 Å². The molecule has 146 valence electrons. The van der Waals surface area contributed by atoms with Crippen LogP contribution >= 0.6 is 11.6 Å². The summed E-state index contributed by atoms with van der Waals surface area (Å²) in [5.41, 5.74) is 0.579. The van der Waals surface area contributed by atoms with Gasteiger partial charge in [-0.05, 0) is 43.2 Å². The molecule has 0 bridgehead atoms. The second kappa shape index (κ2) is 7.48. The van der Waals surface area contributed by atoms with Crippen molar-refractivity contribution in [3.8, 4) is 0 Å². The van der Waals surface area contributed by atoms with Crippen molar-refractivity contribution < 1.29 is 13.2 Å². The number of benzene rings is 2. The highest BCUT2D eigenvalue weighted by Gasteiger charge is 2.28. The third kappa shape index (κ3) is 3.59. The molecule has 2 amide bonds. The highest BCUT2D eigenvalue weighted by molar-refractivity contribution is 7.92. The van der Waals surface area contributed by atoms with Crippen molar-refractivity contribution in [3.05, 3.63) is 53.6 Å². The van der Waals surface area contributed by atoms with Gasteiger partial charge >= 0.3 is 6.03 Å². The molecule has 28 heavy (non-hydrogen) atoms. The zero-order valence-electron chi connectivity index (χ0n) is 15.0. The second-order valence-electron chi connectivity index (χ2n) is 6.92. The van der Waals surface area contributed by atoms with Crippen molar-refractivity contribution in [3.63, 3.8) is 0 Å². The SMILES string of the molecule is O=C(Nc1[nH]c2ccc(Cl)cc2c1S(=O)(=O)c1ccccc1)NC1CCCC1. The highest BCUT2D eigenvalue weighted by atomic mass is 35.5. The van der Waals surface area contributed by atoms with Crippen molar-refractivity contribution in [2.75, 3.05) is 5.32 Å². The predicted octanol–water partition coefficient (Wildman–Crippen LogP) is 4.72. The molecule has 1 saturated carbocycles. The maximum Gasteiger partial charge on any atom is 0.320 e. The standard InChI is InChI=1S/C20H20ClN3O3S/c21-13-10-11-17-16(12-13)18(28(26,27)15-8-2-1-3-9-15)19(23-17)24-20(25)22-14-6-4-5-7-14/h1-3,8-12,14,23H,4-7H2,(H2,22,24,25). The summed E-state index contributed by atoms with van der Waals surface area (Å²) in [6.45, 7) is 0. The summed E-state index contributed by atoms with van der Waals surface area (Å²) in [5, 5.41) is 6.46. The number of amides is 2. The molecule has 0 radical (unpaired) electrons. The third-order valence-corrected chi connectivity index (χ3v) is 7.05. The lowest BCUT2D eigenvalue weighted by atomic mass is 10.2. The van der Waals surface area contributed by atoms with E-state index < -0.39 is 15.9 Å². The highest BCUT2D eigenvalue weighted by Crippen LogP contribution is 2.36. The summed E-state index contributed by atoms with van der Waals surface area (Å²) in [6.07, 6.45) is 4.04. The van der Waals surface area contributed by atoms with Crippen molar-refractivity contribution in [1.29, 1.82) is 0 Å². The quantitative estimate of drug-likeness (QED) is 0.573. The second-order valence-corrected chi connectivity index (χ2v) is 9.24. The largest absolute Gasteiger partial charge is 0.340 e. The van der Waals surface area contributed by atoms with E-state index in [1.165, 1.54) is 12.1 Å². The van der Waals surface area contributed by atoms with Crippen LogP contribution < -0.4 is 10.6 Å². The van der Waals surface area contributed by atoms with Crippen LogP contribution in [0.4, 0.5) is 10.6 Å². The van der Waals surface area contributed by atoms with Crippen LogP contribution in [0.25, 0.3) is 10.9 Å². The minimum absolute atomic E-state index is 0.0118. The molecule has 0 spiro atoms. The molecule has 0 unspecified atom stereocenters. The zero-order chi connectivity index (χ0) is 19.7.